The lowest BCUT2D eigenvalue weighted by molar-refractivity contribution is -0.132. The minimum absolute atomic E-state index is 0.129. The third kappa shape index (κ3) is 4.95. The van der Waals surface area contributed by atoms with Crippen molar-refractivity contribution in [3.63, 3.8) is 0 Å². The van der Waals surface area contributed by atoms with Gasteiger partial charge in [-0.2, -0.15) is 0 Å². The summed E-state index contributed by atoms with van der Waals surface area (Å²) in [5, 5.41) is 3.43. The zero-order chi connectivity index (χ0) is 18.2. The van der Waals surface area contributed by atoms with E-state index in [0.29, 0.717) is 12.3 Å². The van der Waals surface area contributed by atoms with E-state index in [0.717, 1.165) is 39.0 Å². The Morgan fingerprint density at radius 3 is 2.04 bits per heavy atom. The zero-order valence-corrected chi connectivity index (χ0v) is 15.7. The third-order valence-electron chi connectivity index (χ3n) is 5.43. The molecule has 0 bridgehead atoms. The van der Waals surface area contributed by atoms with Gasteiger partial charge in [0.15, 0.2) is 0 Å². The van der Waals surface area contributed by atoms with Crippen LogP contribution in [0.3, 0.4) is 0 Å². The molecule has 0 atom stereocenters. The van der Waals surface area contributed by atoms with Crippen molar-refractivity contribution in [1.82, 2.24) is 10.2 Å². The third-order valence-corrected chi connectivity index (χ3v) is 5.43. The second kappa shape index (κ2) is 9.54. The molecule has 0 radical (unpaired) electrons. The molecule has 1 aliphatic heterocycles. The van der Waals surface area contributed by atoms with Crippen LogP contribution in [0.1, 0.15) is 43.2 Å². The maximum atomic E-state index is 13.0. The van der Waals surface area contributed by atoms with Gasteiger partial charge in [-0.15, -0.1) is 0 Å². The van der Waals surface area contributed by atoms with Crippen LogP contribution in [0.25, 0.3) is 0 Å². The van der Waals surface area contributed by atoms with Crippen molar-refractivity contribution in [3.8, 4) is 0 Å². The molecular weight excluding hydrogens is 320 g/mol. The van der Waals surface area contributed by atoms with E-state index < -0.39 is 0 Å². The number of likely N-dealkylation sites (tertiary alicyclic amines) is 1. The summed E-state index contributed by atoms with van der Waals surface area (Å²) in [6, 6.07) is 20.8. The highest BCUT2D eigenvalue weighted by atomic mass is 16.2. The van der Waals surface area contributed by atoms with Gasteiger partial charge in [0, 0.05) is 25.4 Å². The lowest BCUT2D eigenvalue weighted by atomic mass is 9.87. The number of nitrogens with zero attached hydrogens (tertiary/aromatic N) is 1. The van der Waals surface area contributed by atoms with Crippen molar-refractivity contribution in [1.29, 1.82) is 0 Å². The molecular formula is C23H30N2O. The molecule has 0 aliphatic carbocycles. The Labute approximate surface area is 157 Å². The van der Waals surface area contributed by atoms with Gasteiger partial charge in [-0.3, -0.25) is 4.79 Å². The molecule has 3 heteroatoms. The normalized spacial score (nSPS) is 15.4. The first-order valence-corrected chi connectivity index (χ1v) is 9.86. The van der Waals surface area contributed by atoms with Crippen LogP contribution < -0.4 is 5.32 Å². The van der Waals surface area contributed by atoms with E-state index in [2.05, 4.69) is 65.7 Å². The van der Waals surface area contributed by atoms with Crippen molar-refractivity contribution >= 4 is 5.91 Å². The second-order valence-corrected chi connectivity index (χ2v) is 7.21. The van der Waals surface area contributed by atoms with E-state index >= 15 is 0 Å². The van der Waals surface area contributed by atoms with Gasteiger partial charge in [0.25, 0.3) is 0 Å². The number of nitrogens with one attached hydrogen (secondary N) is 1. The van der Waals surface area contributed by atoms with Gasteiger partial charge in [0.05, 0.1) is 0 Å². The van der Waals surface area contributed by atoms with Crippen LogP contribution >= 0.6 is 0 Å². The van der Waals surface area contributed by atoms with E-state index in [1.165, 1.54) is 11.1 Å². The van der Waals surface area contributed by atoms with Gasteiger partial charge >= 0.3 is 0 Å². The molecule has 3 rings (SSSR count). The highest BCUT2D eigenvalue weighted by Crippen LogP contribution is 2.29. The summed E-state index contributed by atoms with van der Waals surface area (Å²) in [6.45, 7) is 6.03. The molecule has 3 nitrogen and oxygen atoms in total. The molecule has 2 aromatic carbocycles. The van der Waals surface area contributed by atoms with Gasteiger partial charge < -0.3 is 10.2 Å². The van der Waals surface area contributed by atoms with E-state index in [1.807, 2.05) is 12.1 Å². The number of rotatable bonds is 7. The first-order valence-electron chi connectivity index (χ1n) is 9.86. The Balaban J connectivity index is 1.65. The summed E-state index contributed by atoms with van der Waals surface area (Å²) in [6.07, 6.45) is 2.77. The van der Waals surface area contributed by atoms with Gasteiger partial charge in [-0.25, -0.2) is 0 Å². The summed E-state index contributed by atoms with van der Waals surface area (Å²) >= 11 is 0. The molecule has 1 saturated heterocycles. The molecule has 2 aromatic rings. The summed E-state index contributed by atoms with van der Waals surface area (Å²) in [4.78, 5) is 15.1. The van der Waals surface area contributed by atoms with Gasteiger partial charge in [0.2, 0.25) is 5.91 Å². The van der Waals surface area contributed by atoms with Crippen LogP contribution in [0, 0.1) is 5.92 Å². The molecule has 1 N–H and O–H groups in total. The molecule has 1 heterocycles. The first-order chi connectivity index (χ1) is 12.8. The SMILES string of the molecule is CCNCC1CCN(C(=O)CC(c2ccccc2)c2ccccc2)CC1. The molecule has 0 spiro atoms. The minimum Gasteiger partial charge on any atom is -0.343 e. The lowest BCUT2D eigenvalue weighted by Gasteiger charge is -2.33. The number of hydrogen-bond donors (Lipinski definition) is 1. The summed E-state index contributed by atoms with van der Waals surface area (Å²) in [5.74, 6) is 1.12. The van der Waals surface area contributed by atoms with Crippen molar-refractivity contribution in [2.75, 3.05) is 26.2 Å². The average Bonchev–Trinajstić information content (AvgIpc) is 2.72. The van der Waals surface area contributed by atoms with Crippen molar-refractivity contribution in [3.05, 3.63) is 71.8 Å². The molecule has 0 aromatic heterocycles. The van der Waals surface area contributed by atoms with Crippen molar-refractivity contribution < 1.29 is 4.79 Å². The molecule has 1 aliphatic rings. The zero-order valence-electron chi connectivity index (χ0n) is 15.7. The van der Waals surface area contributed by atoms with E-state index in [4.69, 9.17) is 0 Å². The summed E-state index contributed by atoms with van der Waals surface area (Å²) in [7, 11) is 0. The van der Waals surface area contributed by atoms with Crippen LogP contribution in [-0.2, 0) is 4.79 Å². The molecule has 0 saturated carbocycles. The van der Waals surface area contributed by atoms with Gasteiger partial charge in [-0.1, -0.05) is 67.6 Å². The highest BCUT2D eigenvalue weighted by molar-refractivity contribution is 5.78. The molecule has 1 amide bonds. The topological polar surface area (TPSA) is 32.3 Å². The Morgan fingerprint density at radius 1 is 1.00 bits per heavy atom. The summed E-state index contributed by atoms with van der Waals surface area (Å²) in [5.41, 5.74) is 2.43. The smallest absolute Gasteiger partial charge is 0.223 e. The molecule has 0 unspecified atom stereocenters. The van der Waals surface area contributed by atoms with Crippen LogP contribution in [0.5, 0.6) is 0 Å². The molecule has 1 fully saturated rings. The largest absolute Gasteiger partial charge is 0.343 e. The van der Waals surface area contributed by atoms with Crippen LogP contribution in [-0.4, -0.2) is 37.0 Å². The minimum atomic E-state index is 0.129. The first kappa shape index (κ1) is 18.7. The fourth-order valence-electron chi connectivity index (χ4n) is 3.84. The number of carbonyl (C=O) groups is 1. The predicted octanol–water partition coefficient (Wildman–Crippen LogP) is 4.06. The highest BCUT2D eigenvalue weighted by Gasteiger charge is 2.25. The Hall–Kier alpha value is -2.13. The Bertz CT molecular complexity index is 624. The average molecular weight is 351 g/mol. The van der Waals surface area contributed by atoms with Crippen molar-refractivity contribution in [2.24, 2.45) is 5.92 Å². The Kier molecular flexibility index (Phi) is 6.84. The lowest BCUT2D eigenvalue weighted by Crippen LogP contribution is -2.41. The van der Waals surface area contributed by atoms with E-state index in [1.54, 1.807) is 0 Å². The van der Waals surface area contributed by atoms with Gasteiger partial charge in [-0.05, 0) is 43.0 Å². The Morgan fingerprint density at radius 2 is 1.54 bits per heavy atom. The molecule has 26 heavy (non-hydrogen) atoms. The number of carbonyl (C=O) groups excluding carboxylic acids is 1. The second-order valence-electron chi connectivity index (χ2n) is 7.21. The standard InChI is InChI=1S/C23H30N2O/c1-2-24-18-19-13-15-25(16-14-19)23(26)17-22(20-9-5-3-6-10-20)21-11-7-4-8-12-21/h3-12,19,22,24H,2,13-18H2,1H3. The predicted molar refractivity (Wildman–Crippen MR) is 107 cm³/mol. The maximum Gasteiger partial charge on any atom is 0.223 e. The number of hydrogen-bond acceptors (Lipinski definition) is 2. The van der Waals surface area contributed by atoms with Crippen LogP contribution in [0.4, 0.5) is 0 Å². The van der Waals surface area contributed by atoms with Crippen LogP contribution in [0.2, 0.25) is 0 Å². The van der Waals surface area contributed by atoms with Crippen LogP contribution in [0.15, 0.2) is 60.7 Å². The molecule has 138 valence electrons. The monoisotopic (exact) mass is 350 g/mol. The maximum absolute atomic E-state index is 13.0. The van der Waals surface area contributed by atoms with E-state index in [9.17, 15) is 4.79 Å². The number of benzene rings is 2. The summed E-state index contributed by atoms with van der Waals surface area (Å²) < 4.78 is 0. The fraction of sp³-hybridized carbons (Fsp3) is 0.435. The van der Waals surface area contributed by atoms with Gasteiger partial charge in [0.1, 0.15) is 0 Å². The number of amides is 1. The quantitative estimate of drug-likeness (QED) is 0.817. The van der Waals surface area contributed by atoms with Crippen molar-refractivity contribution in [2.45, 2.75) is 32.1 Å². The number of piperidine rings is 1. The van der Waals surface area contributed by atoms with E-state index in [-0.39, 0.29) is 11.8 Å². The fourth-order valence-corrected chi connectivity index (χ4v) is 3.84.